The van der Waals surface area contributed by atoms with E-state index in [2.05, 4.69) is 76.9 Å². The summed E-state index contributed by atoms with van der Waals surface area (Å²) in [5, 5.41) is 4.31. The van der Waals surface area contributed by atoms with E-state index in [1.54, 1.807) is 17.4 Å². The number of halogens is 1. The molecule has 2 nitrogen and oxygen atoms in total. The summed E-state index contributed by atoms with van der Waals surface area (Å²) in [4.78, 5) is 5.11. The Hall–Kier alpha value is -2.01. The van der Waals surface area contributed by atoms with Gasteiger partial charge in [0.25, 0.3) is 0 Å². The van der Waals surface area contributed by atoms with Crippen molar-refractivity contribution in [3.8, 4) is 0 Å². The van der Waals surface area contributed by atoms with Crippen molar-refractivity contribution in [3.63, 3.8) is 0 Å². The van der Waals surface area contributed by atoms with Gasteiger partial charge in [-0.2, -0.15) is 11.3 Å². The van der Waals surface area contributed by atoms with Gasteiger partial charge in [0, 0.05) is 31.7 Å². The standard InChI is InChI=1S/C24H27FN2S/c1-18-15-27(19(2)14-26(18)16-20-7-4-3-5-8-20)24(22-11-12-28-17-22)21-9-6-10-23(25)13-21/h3-13,17-19,24H,14-16H2,1-2H3/t18-,19+,24+/m1/s1. The van der Waals surface area contributed by atoms with Crippen molar-refractivity contribution >= 4 is 11.3 Å². The minimum absolute atomic E-state index is 0.0956. The van der Waals surface area contributed by atoms with Crippen LogP contribution in [0, 0.1) is 5.82 Å². The highest BCUT2D eigenvalue weighted by atomic mass is 32.1. The quantitative estimate of drug-likeness (QED) is 0.558. The zero-order valence-electron chi connectivity index (χ0n) is 16.5. The van der Waals surface area contributed by atoms with E-state index in [4.69, 9.17) is 0 Å². The van der Waals surface area contributed by atoms with Gasteiger partial charge in [-0.1, -0.05) is 42.5 Å². The Morgan fingerprint density at radius 3 is 2.50 bits per heavy atom. The van der Waals surface area contributed by atoms with Crippen LogP contribution in [0.4, 0.5) is 4.39 Å². The summed E-state index contributed by atoms with van der Waals surface area (Å²) in [6.45, 7) is 7.54. The monoisotopic (exact) mass is 394 g/mol. The number of hydrogen-bond donors (Lipinski definition) is 0. The fraction of sp³-hybridized carbons (Fsp3) is 0.333. The normalized spacial score (nSPS) is 22.2. The molecule has 0 N–H and O–H groups in total. The van der Waals surface area contributed by atoms with Crippen LogP contribution in [0.3, 0.4) is 0 Å². The first-order chi connectivity index (χ1) is 13.6. The van der Waals surface area contributed by atoms with Gasteiger partial charge in [-0.05, 0) is 59.5 Å². The van der Waals surface area contributed by atoms with E-state index in [1.165, 1.54) is 17.2 Å². The fourth-order valence-corrected chi connectivity index (χ4v) is 4.98. The molecule has 2 heterocycles. The third-order valence-electron chi connectivity index (χ3n) is 5.75. The molecule has 1 saturated heterocycles. The van der Waals surface area contributed by atoms with Gasteiger partial charge in [-0.25, -0.2) is 4.39 Å². The summed E-state index contributed by atoms with van der Waals surface area (Å²) in [5.41, 5.74) is 3.65. The second-order valence-electron chi connectivity index (χ2n) is 7.82. The van der Waals surface area contributed by atoms with Crippen molar-refractivity contribution in [1.29, 1.82) is 0 Å². The molecule has 2 aromatic carbocycles. The number of benzene rings is 2. The van der Waals surface area contributed by atoms with Crippen LogP contribution in [-0.2, 0) is 6.54 Å². The Kier molecular flexibility index (Phi) is 5.90. The van der Waals surface area contributed by atoms with Gasteiger partial charge < -0.3 is 0 Å². The molecular formula is C24H27FN2S. The fourth-order valence-electron chi connectivity index (χ4n) is 4.31. The van der Waals surface area contributed by atoms with E-state index >= 15 is 0 Å². The maximum Gasteiger partial charge on any atom is 0.123 e. The molecule has 28 heavy (non-hydrogen) atoms. The summed E-state index contributed by atoms with van der Waals surface area (Å²) >= 11 is 1.70. The summed E-state index contributed by atoms with van der Waals surface area (Å²) in [6, 6.07) is 20.9. The number of hydrogen-bond acceptors (Lipinski definition) is 3. The zero-order chi connectivity index (χ0) is 19.5. The lowest BCUT2D eigenvalue weighted by Crippen LogP contribution is -2.56. The molecule has 1 aliphatic rings. The van der Waals surface area contributed by atoms with Crippen LogP contribution in [0.5, 0.6) is 0 Å². The molecule has 3 atom stereocenters. The third kappa shape index (κ3) is 4.19. The van der Waals surface area contributed by atoms with Crippen molar-refractivity contribution in [1.82, 2.24) is 9.80 Å². The van der Waals surface area contributed by atoms with E-state index in [0.29, 0.717) is 12.1 Å². The predicted octanol–water partition coefficient (Wildman–Crippen LogP) is 5.57. The van der Waals surface area contributed by atoms with E-state index in [9.17, 15) is 4.39 Å². The lowest BCUT2D eigenvalue weighted by Gasteiger charge is -2.47. The maximum atomic E-state index is 14.0. The predicted molar refractivity (Wildman–Crippen MR) is 115 cm³/mol. The molecule has 0 unspecified atom stereocenters. The molecule has 0 spiro atoms. The second-order valence-corrected chi connectivity index (χ2v) is 8.60. The molecule has 3 aromatic rings. The van der Waals surface area contributed by atoms with E-state index < -0.39 is 0 Å². The van der Waals surface area contributed by atoms with Crippen LogP contribution in [0.1, 0.15) is 36.6 Å². The lowest BCUT2D eigenvalue weighted by atomic mass is 9.95. The summed E-state index contributed by atoms with van der Waals surface area (Å²) in [6.07, 6.45) is 0. The van der Waals surface area contributed by atoms with Crippen LogP contribution in [0.15, 0.2) is 71.4 Å². The molecule has 1 aromatic heterocycles. The first-order valence-corrected chi connectivity index (χ1v) is 10.9. The first-order valence-electron chi connectivity index (χ1n) is 9.93. The van der Waals surface area contributed by atoms with Crippen molar-refractivity contribution in [2.45, 2.75) is 38.5 Å². The van der Waals surface area contributed by atoms with Crippen molar-refractivity contribution < 1.29 is 4.39 Å². The molecule has 1 fully saturated rings. The molecule has 0 radical (unpaired) electrons. The van der Waals surface area contributed by atoms with Crippen LogP contribution >= 0.6 is 11.3 Å². The van der Waals surface area contributed by atoms with Crippen LogP contribution in [-0.4, -0.2) is 35.0 Å². The average molecular weight is 395 g/mol. The summed E-state index contributed by atoms with van der Waals surface area (Å²) in [7, 11) is 0. The molecule has 0 amide bonds. The highest BCUT2D eigenvalue weighted by Gasteiger charge is 2.35. The van der Waals surface area contributed by atoms with Gasteiger partial charge in [0.2, 0.25) is 0 Å². The first kappa shape index (κ1) is 19.3. The molecule has 0 aliphatic carbocycles. The highest BCUT2D eigenvalue weighted by molar-refractivity contribution is 7.08. The van der Waals surface area contributed by atoms with Crippen LogP contribution in [0.2, 0.25) is 0 Å². The highest BCUT2D eigenvalue weighted by Crippen LogP contribution is 2.34. The molecular weight excluding hydrogens is 367 g/mol. The topological polar surface area (TPSA) is 6.48 Å². The summed E-state index contributed by atoms with van der Waals surface area (Å²) in [5.74, 6) is -0.166. The molecule has 0 bridgehead atoms. The minimum atomic E-state index is -0.166. The van der Waals surface area contributed by atoms with E-state index in [-0.39, 0.29) is 11.9 Å². The Balaban J connectivity index is 1.58. The molecule has 4 rings (SSSR count). The minimum Gasteiger partial charge on any atom is -0.294 e. The van der Waals surface area contributed by atoms with Crippen molar-refractivity contribution in [2.24, 2.45) is 0 Å². The number of nitrogens with zero attached hydrogens (tertiary/aromatic N) is 2. The number of piperazine rings is 1. The maximum absolute atomic E-state index is 14.0. The van der Waals surface area contributed by atoms with Gasteiger partial charge in [0.05, 0.1) is 6.04 Å². The van der Waals surface area contributed by atoms with Gasteiger partial charge >= 0.3 is 0 Å². The van der Waals surface area contributed by atoms with E-state index in [1.807, 2.05) is 6.07 Å². The van der Waals surface area contributed by atoms with Crippen LogP contribution < -0.4 is 0 Å². The Labute approximate surface area is 171 Å². The van der Waals surface area contributed by atoms with Gasteiger partial charge in [-0.3, -0.25) is 9.80 Å². The second kappa shape index (κ2) is 8.56. The molecule has 146 valence electrons. The lowest BCUT2D eigenvalue weighted by molar-refractivity contribution is 0.0196. The van der Waals surface area contributed by atoms with Gasteiger partial charge in [-0.15, -0.1) is 0 Å². The van der Waals surface area contributed by atoms with Crippen molar-refractivity contribution in [3.05, 3.63) is 93.9 Å². The van der Waals surface area contributed by atoms with Gasteiger partial charge in [0.15, 0.2) is 0 Å². The zero-order valence-corrected chi connectivity index (χ0v) is 17.3. The smallest absolute Gasteiger partial charge is 0.123 e. The Morgan fingerprint density at radius 2 is 1.79 bits per heavy atom. The summed E-state index contributed by atoms with van der Waals surface area (Å²) < 4.78 is 14.0. The Bertz CT molecular complexity index is 881. The van der Waals surface area contributed by atoms with Gasteiger partial charge in [0.1, 0.15) is 5.82 Å². The van der Waals surface area contributed by atoms with Crippen molar-refractivity contribution in [2.75, 3.05) is 13.1 Å². The molecule has 0 saturated carbocycles. The van der Waals surface area contributed by atoms with E-state index in [0.717, 1.165) is 25.2 Å². The number of rotatable bonds is 5. The Morgan fingerprint density at radius 1 is 0.964 bits per heavy atom. The van der Waals surface area contributed by atoms with Crippen LogP contribution in [0.25, 0.3) is 0 Å². The largest absolute Gasteiger partial charge is 0.294 e. The third-order valence-corrected chi connectivity index (χ3v) is 6.45. The average Bonchev–Trinajstić information content (AvgIpc) is 3.21. The molecule has 1 aliphatic heterocycles. The SMILES string of the molecule is C[C@@H]1CN([C@H](c2ccsc2)c2cccc(F)c2)[C@@H](C)CN1Cc1ccccc1. The number of thiophene rings is 1. The molecule has 4 heteroatoms.